The smallest absolute Gasteiger partial charge is 0.231 e. The minimum absolute atomic E-state index is 0.123. The highest BCUT2D eigenvalue weighted by Gasteiger charge is 2.33. The van der Waals surface area contributed by atoms with E-state index in [1.54, 1.807) is 18.5 Å². The number of carbonyl (C=O) groups is 1. The van der Waals surface area contributed by atoms with Crippen molar-refractivity contribution < 1.29 is 23.7 Å². The van der Waals surface area contributed by atoms with Crippen LogP contribution in [0.15, 0.2) is 54.6 Å². The fourth-order valence-electron chi connectivity index (χ4n) is 4.31. The molecule has 160 valence electrons. The van der Waals surface area contributed by atoms with E-state index >= 15 is 0 Å². The van der Waals surface area contributed by atoms with Gasteiger partial charge in [0.2, 0.25) is 12.6 Å². The molecular formula is C25H20N2O5. The number of hydrogen-bond donors (Lipinski definition) is 0. The number of Topliss-reactive ketones (excluding diaryl/α,β-unsaturated/α-hetero) is 1. The van der Waals surface area contributed by atoms with Gasteiger partial charge in [0.25, 0.3) is 0 Å². The predicted molar refractivity (Wildman–Crippen MR) is 116 cm³/mol. The van der Waals surface area contributed by atoms with E-state index in [-0.39, 0.29) is 12.6 Å². The highest BCUT2D eigenvalue weighted by molar-refractivity contribution is 6.15. The van der Waals surface area contributed by atoms with Gasteiger partial charge >= 0.3 is 0 Å². The van der Waals surface area contributed by atoms with Crippen LogP contribution in [0, 0.1) is 6.92 Å². The number of rotatable bonds is 3. The molecule has 7 nitrogen and oxygen atoms in total. The first-order valence-corrected chi connectivity index (χ1v) is 10.4. The fourth-order valence-corrected chi connectivity index (χ4v) is 4.31. The molecule has 0 amide bonds. The van der Waals surface area contributed by atoms with Crippen LogP contribution in [0.25, 0.3) is 6.08 Å². The maximum absolute atomic E-state index is 13.0. The number of aromatic nitrogens is 1. The minimum atomic E-state index is -0.123. The van der Waals surface area contributed by atoms with Gasteiger partial charge in [0, 0.05) is 36.6 Å². The van der Waals surface area contributed by atoms with Crippen molar-refractivity contribution in [3.8, 4) is 23.0 Å². The van der Waals surface area contributed by atoms with Crippen molar-refractivity contribution in [2.24, 2.45) is 0 Å². The first-order chi connectivity index (χ1) is 15.7. The Morgan fingerprint density at radius 1 is 1.09 bits per heavy atom. The molecule has 1 aromatic heterocycles. The maximum Gasteiger partial charge on any atom is 0.231 e. The largest absolute Gasteiger partial charge is 0.477 e. The molecule has 3 aromatic rings. The molecule has 0 fully saturated rings. The van der Waals surface area contributed by atoms with Gasteiger partial charge in [-0.15, -0.1) is 0 Å². The summed E-state index contributed by atoms with van der Waals surface area (Å²) in [6, 6.07) is 11.6. The molecular weight excluding hydrogens is 408 g/mol. The van der Waals surface area contributed by atoms with Crippen LogP contribution in [-0.4, -0.2) is 29.2 Å². The SMILES string of the molecule is Cc1c2c(cc3c1O/C(=C\c1cccnc1)C3=O)CN(Cc1ccc3c(c1)OCO3)CO2. The summed E-state index contributed by atoms with van der Waals surface area (Å²) < 4.78 is 22.9. The molecule has 2 aromatic carbocycles. The molecule has 0 spiro atoms. The van der Waals surface area contributed by atoms with E-state index in [1.165, 1.54) is 0 Å². The monoisotopic (exact) mass is 428 g/mol. The number of allylic oxidation sites excluding steroid dienone is 1. The second kappa shape index (κ2) is 7.39. The quantitative estimate of drug-likeness (QED) is 0.582. The van der Waals surface area contributed by atoms with Crippen molar-refractivity contribution in [1.82, 2.24) is 9.88 Å². The highest BCUT2D eigenvalue weighted by Crippen LogP contribution is 2.43. The Hall–Kier alpha value is -3.84. The summed E-state index contributed by atoms with van der Waals surface area (Å²) in [5.74, 6) is 3.09. The second-order valence-electron chi connectivity index (χ2n) is 8.04. The molecule has 0 saturated carbocycles. The van der Waals surface area contributed by atoms with E-state index in [4.69, 9.17) is 18.9 Å². The molecule has 0 bridgehead atoms. The van der Waals surface area contributed by atoms with Crippen LogP contribution in [0.2, 0.25) is 0 Å². The van der Waals surface area contributed by atoms with E-state index in [1.807, 2.05) is 43.3 Å². The number of ketones is 1. The zero-order valence-corrected chi connectivity index (χ0v) is 17.5. The molecule has 0 aliphatic carbocycles. The van der Waals surface area contributed by atoms with Crippen molar-refractivity contribution in [3.63, 3.8) is 0 Å². The van der Waals surface area contributed by atoms with Gasteiger partial charge in [0.1, 0.15) is 18.2 Å². The van der Waals surface area contributed by atoms with Gasteiger partial charge in [-0.3, -0.25) is 14.7 Å². The second-order valence-corrected chi connectivity index (χ2v) is 8.04. The van der Waals surface area contributed by atoms with Gasteiger partial charge in [0.05, 0.1) is 5.56 Å². The Bertz CT molecular complexity index is 1270. The maximum atomic E-state index is 13.0. The summed E-state index contributed by atoms with van der Waals surface area (Å²) in [5.41, 5.74) is 4.33. The van der Waals surface area contributed by atoms with E-state index in [9.17, 15) is 4.79 Å². The van der Waals surface area contributed by atoms with Crippen molar-refractivity contribution in [1.29, 1.82) is 0 Å². The van der Waals surface area contributed by atoms with Gasteiger partial charge in [0.15, 0.2) is 17.3 Å². The number of pyridine rings is 1. The first-order valence-electron chi connectivity index (χ1n) is 10.4. The van der Waals surface area contributed by atoms with Crippen LogP contribution < -0.4 is 18.9 Å². The van der Waals surface area contributed by atoms with Gasteiger partial charge in [-0.25, -0.2) is 0 Å². The molecule has 0 saturated heterocycles. The third kappa shape index (κ3) is 3.18. The van der Waals surface area contributed by atoms with Crippen molar-refractivity contribution in [2.45, 2.75) is 20.0 Å². The Balaban J connectivity index is 1.26. The number of hydrogen-bond acceptors (Lipinski definition) is 7. The Morgan fingerprint density at radius 2 is 2.00 bits per heavy atom. The summed E-state index contributed by atoms with van der Waals surface area (Å²) in [7, 11) is 0. The normalized spacial score (nSPS) is 17.7. The summed E-state index contributed by atoms with van der Waals surface area (Å²) in [5, 5.41) is 0. The number of nitrogens with zero attached hydrogens (tertiary/aromatic N) is 2. The van der Waals surface area contributed by atoms with Crippen LogP contribution >= 0.6 is 0 Å². The zero-order valence-electron chi connectivity index (χ0n) is 17.5. The average molecular weight is 428 g/mol. The van der Waals surface area contributed by atoms with Crippen LogP contribution in [-0.2, 0) is 13.1 Å². The zero-order chi connectivity index (χ0) is 21.7. The fraction of sp³-hybridized carbons (Fsp3) is 0.200. The first kappa shape index (κ1) is 18.9. The van der Waals surface area contributed by atoms with Crippen LogP contribution in [0.4, 0.5) is 0 Å². The number of fused-ring (bicyclic) bond motifs is 3. The number of ether oxygens (including phenoxy) is 4. The molecule has 0 radical (unpaired) electrons. The van der Waals surface area contributed by atoms with E-state index in [0.717, 1.165) is 39.5 Å². The van der Waals surface area contributed by atoms with Crippen molar-refractivity contribution in [2.75, 3.05) is 13.5 Å². The molecule has 0 atom stereocenters. The molecule has 0 unspecified atom stereocenters. The third-order valence-electron chi connectivity index (χ3n) is 5.83. The lowest BCUT2D eigenvalue weighted by molar-refractivity contribution is 0.0876. The Morgan fingerprint density at radius 3 is 2.88 bits per heavy atom. The van der Waals surface area contributed by atoms with Crippen LogP contribution in [0.5, 0.6) is 23.0 Å². The topological polar surface area (TPSA) is 70.1 Å². The molecule has 3 aliphatic heterocycles. The summed E-state index contributed by atoms with van der Waals surface area (Å²) >= 11 is 0. The van der Waals surface area contributed by atoms with Gasteiger partial charge in [-0.2, -0.15) is 0 Å². The standard InChI is InChI=1S/C25H20N2O5/c1-15-24-18(9-19-23(28)22(32-25(15)19)7-16-3-2-6-26-10-16)12-27(13-29-24)11-17-4-5-20-21(8-17)31-14-30-20/h2-10H,11-14H2,1H3/b22-7-. The van der Waals surface area contributed by atoms with Crippen molar-refractivity contribution in [3.05, 3.63) is 82.4 Å². The molecule has 6 rings (SSSR count). The Kier molecular flexibility index (Phi) is 4.36. The Labute approximate surface area is 184 Å². The predicted octanol–water partition coefficient (Wildman–Crippen LogP) is 4.09. The highest BCUT2D eigenvalue weighted by atomic mass is 16.7. The average Bonchev–Trinajstić information content (AvgIpc) is 3.39. The van der Waals surface area contributed by atoms with Gasteiger partial charge < -0.3 is 18.9 Å². The van der Waals surface area contributed by atoms with E-state index < -0.39 is 0 Å². The minimum Gasteiger partial charge on any atom is -0.477 e. The summed E-state index contributed by atoms with van der Waals surface area (Å²) in [6.07, 6.45) is 5.11. The van der Waals surface area contributed by atoms with E-state index in [0.29, 0.717) is 36.9 Å². The molecule has 32 heavy (non-hydrogen) atoms. The van der Waals surface area contributed by atoms with E-state index in [2.05, 4.69) is 9.88 Å². The third-order valence-corrected chi connectivity index (χ3v) is 5.83. The molecule has 4 heterocycles. The summed E-state index contributed by atoms with van der Waals surface area (Å²) in [4.78, 5) is 19.3. The van der Waals surface area contributed by atoms with Crippen LogP contribution in [0.1, 0.15) is 32.6 Å². The molecule has 0 N–H and O–H groups in total. The lowest BCUT2D eigenvalue weighted by Gasteiger charge is -2.30. The molecule has 7 heteroatoms. The van der Waals surface area contributed by atoms with Crippen molar-refractivity contribution >= 4 is 11.9 Å². The van der Waals surface area contributed by atoms with Crippen LogP contribution in [0.3, 0.4) is 0 Å². The number of carbonyl (C=O) groups excluding carboxylic acids is 1. The van der Waals surface area contributed by atoms with Gasteiger partial charge in [-0.05, 0) is 48.4 Å². The summed E-state index contributed by atoms with van der Waals surface area (Å²) in [6.45, 7) is 4.02. The van der Waals surface area contributed by atoms with Gasteiger partial charge in [-0.1, -0.05) is 12.1 Å². The molecule has 3 aliphatic rings. The number of benzene rings is 2. The lowest BCUT2D eigenvalue weighted by atomic mass is 10.00. The lowest BCUT2D eigenvalue weighted by Crippen LogP contribution is -2.32.